The smallest absolute Gasteiger partial charge is 0.263 e. The second-order valence-electron chi connectivity index (χ2n) is 3.85. The van der Waals surface area contributed by atoms with Crippen LogP contribution in [0.3, 0.4) is 0 Å². The molecule has 1 aromatic carbocycles. The maximum atomic E-state index is 12.3. The van der Waals surface area contributed by atoms with Crippen LogP contribution in [0.25, 0.3) is 0 Å². The SMILES string of the molecule is CNCc1sccc1S(=O)(=O)Nc1ccc(Cl)cc1. The zero-order valence-corrected chi connectivity index (χ0v) is 12.6. The van der Waals surface area contributed by atoms with Crippen LogP contribution >= 0.6 is 22.9 Å². The van der Waals surface area contributed by atoms with Gasteiger partial charge in [-0.3, -0.25) is 4.72 Å². The molecule has 0 fully saturated rings. The van der Waals surface area contributed by atoms with Gasteiger partial charge in [0.25, 0.3) is 10.0 Å². The Hall–Kier alpha value is -1.08. The van der Waals surface area contributed by atoms with Gasteiger partial charge in [0.05, 0.1) is 0 Å². The molecular weight excluding hydrogens is 304 g/mol. The molecule has 19 heavy (non-hydrogen) atoms. The maximum absolute atomic E-state index is 12.3. The summed E-state index contributed by atoms with van der Waals surface area (Å²) in [6.07, 6.45) is 0. The van der Waals surface area contributed by atoms with Crippen LogP contribution < -0.4 is 10.0 Å². The predicted molar refractivity (Wildman–Crippen MR) is 79.3 cm³/mol. The molecule has 0 atom stereocenters. The highest BCUT2D eigenvalue weighted by atomic mass is 35.5. The molecular formula is C12H13ClN2O2S2. The number of thiophene rings is 1. The minimum Gasteiger partial charge on any atom is -0.315 e. The van der Waals surface area contributed by atoms with Crippen LogP contribution in [-0.2, 0) is 16.6 Å². The van der Waals surface area contributed by atoms with Gasteiger partial charge in [0, 0.05) is 22.1 Å². The van der Waals surface area contributed by atoms with Gasteiger partial charge in [-0.1, -0.05) is 11.6 Å². The molecule has 1 heterocycles. The fourth-order valence-electron chi connectivity index (χ4n) is 1.59. The van der Waals surface area contributed by atoms with Crippen molar-refractivity contribution in [3.8, 4) is 0 Å². The summed E-state index contributed by atoms with van der Waals surface area (Å²) in [6, 6.07) is 8.15. The Morgan fingerprint density at radius 1 is 1.21 bits per heavy atom. The van der Waals surface area contributed by atoms with E-state index in [1.165, 1.54) is 11.3 Å². The first-order valence-electron chi connectivity index (χ1n) is 5.52. The summed E-state index contributed by atoms with van der Waals surface area (Å²) in [5.74, 6) is 0. The van der Waals surface area contributed by atoms with Gasteiger partial charge in [-0.15, -0.1) is 11.3 Å². The highest BCUT2D eigenvalue weighted by molar-refractivity contribution is 7.93. The van der Waals surface area contributed by atoms with Gasteiger partial charge in [0.1, 0.15) is 4.90 Å². The number of anilines is 1. The number of halogens is 1. The molecule has 0 spiro atoms. The first-order chi connectivity index (χ1) is 9.03. The van der Waals surface area contributed by atoms with Gasteiger partial charge in [0.15, 0.2) is 0 Å². The Morgan fingerprint density at radius 3 is 2.53 bits per heavy atom. The first-order valence-corrected chi connectivity index (χ1v) is 8.26. The zero-order valence-electron chi connectivity index (χ0n) is 10.2. The molecule has 0 aliphatic carbocycles. The minimum atomic E-state index is -3.56. The maximum Gasteiger partial charge on any atom is 0.263 e. The van der Waals surface area contributed by atoms with E-state index in [1.54, 1.807) is 42.8 Å². The van der Waals surface area contributed by atoms with Crippen molar-refractivity contribution in [3.05, 3.63) is 45.6 Å². The quantitative estimate of drug-likeness (QED) is 0.891. The zero-order chi connectivity index (χ0) is 13.9. The highest BCUT2D eigenvalue weighted by Crippen LogP contribution is 2.24. The second-order valence-corrected chi connectivity index (χ2v) is 6.94. The van der Waals surface area contributed by atoms with E-state index >= 15 is 0 Å². The van der Waals surface area contributed by atoms with Crippen molar-refractivity contribution < 1.29 is 8.42 Å². The van der Waals surface area contributed by atoms with Gasteiger partial charge >= 0.3 is 0 Å². The molecule has 0 amide bonds. The molecule has 2 N–H and O–H groups in total. The number of hydrogen-bond acceptors (Lipinski definition) is 4. The van der Waals surface area contributed by atoms with Gasteiger partial charge in [-0.2, -0.15) is 0 Å². The largest absolute Gasteiger partial charge is 0.315 e. The van der Waals surface area contributed by atoms with Crippen LogP contribution in [0.4, 0.5) is 5.69 Å². The van der Waals surface area contributed by atoms with Crippen LogP contribution in [0.1, 0.15) is 4.88 Å². The molecule has 1 aromatic heterocycles. The lowest BCUT2D eigenvalue weighted by Gasteiger charge is -2.08. The van der Waals surface area contributed by atoms with Gasteiger partial charge in [0.2, 0.25) is 0 Å². The fraction of sp³-hybridized carbons (Fsp3) is 0.167. The van der Waals surface area contributed by atoms with E-state index in [4.69, 9.17) is 11.6 Å². The molecule has 0 bridgehead atoms. The van der Waals surface area contributed by atoms with Crippen LogP contribution in [0.15, 0.2) is 40.6 Å². The van der Waals surface area contributed by atoms with Crippen LogP contribution in [0.5, 0.6) is 0 Å². The van der Waals surface area contributed by atoms with E-state index in [-0.39, 0.29) is 0 Å². The molecule has 2 aromatic rings. The molecule has 0 unspecified atom stereocenters. The fourth-order valence-corrected chi connectivity index (χ4v) is 4.23. The lowest BCUT2D eigenvalue weighted by molar-refractivity contribution is 0.600. The van der Waals surface area contributed by atoms with E-state index < -0.39 is 10.0 Å². The van der Waals surface area contributed by atoms with Crippen LogP contribution in [0.2, 0.25) is 5.02 Å². The highest BCUT2D eigenvalue weighted by Gasteiger charge is 2.19. The number of benzene rings is 1. The lowest BCUT2D eigenvalue weighted by Crippen LogP contribution is -2.15. The monoisotopic (exact) mass is 316 g/mol. The van der Waals surface area contributed by atoms with Gasteiger partial charge < -0.3 is 5.32 Å². The van der Waals surface area contributed by atoms with Crippen molar-refractivity contribution in [2.24, 2.45) is 0 Å². The number of hydrogen-bond donors (Lipinski definition) is 2. The summed E-state index contributed by atoms with van der Waals surface area (Å²) in [6.45, 7) is 0.522. The summed E-state index contributed by atoms with van der Waals surface area (Å²) in [7, 11) is -1.78. The van der Waals surface area contributed by atoms with E-state index in [2.05, 4.69) is 10.0 Å². The predicted octanol–water partition coefficient (Wildman–Crippen LogP) is 2.92. The summed E-state index contributed by atoms with van der Waals surface area (Å²) in [5.41, 5.74) is 0.492. The summed E-state index contributed by atoms with van der Waals surface area (Å²) < 4.78 is 27.1. The van der Waals surface area contributed by atoms with E-state index in [1.807, 2.05) is 0 Å². The average Bonchev–Trinajstić information content (AvgIpc) is 2.81. The molecule has 0 saturated carbocycles. The average molecular weight is 317 g/mol. The van der Waals surface area contributed by atoms with Crippen molar-refractivity contribution in [2.45, 2.75) is 11.4 Å². The second kappa shape index (κ2) is 5.92. The standard InChI is InChI=1S/C12H13ClN2O2S2/c1-14-8-11-12(6-7-18-11)19(16,17)15-10-4-2-9(13)3-5-10/h2-7,14-15H,8H2,1H3. The lowest BCUT2D eigenvalue weighted by atomic mass is 10.3. The summed E-state index contributed by atoms with van der Waals surface area (Å²) in [5, 5.41) is 5.29. The van der Waals surface area contributed by atoms with Crippen molar-refractivity contribution in [1.29, 1.82) is 0 Å². The van der Waals surface area contributed by atoms with Gasteiger partial charge in [-0.25, -0.2) is 8.42 Å². The molecule has 0 saturated heterocycles. The molecule has 0 aliphatic heterocycles. The van der Waals surface area contributed by atoms with Crippen molar-refractivity contribution in [1.82, 2.24) is 5.32 Å². The van der Waals surface area contributed by atoms with Crippen LogP contribution in [0, 0.1) is 0 Å². The Bertz CT molecular complexity index is 651. The molecule has 0 aliphatic rings. The third-order valence-electron chi connectivity index (χ3n) is 2.43. The molecule has 2 rings (SSSR count). The first kappa shape index (κ1) is 14.3. The Labute approximate surface area is 121 Å². The minimum absolute atomic E-state index is 0.307. The number of sulfonamides is 1. The van der Waals surface area contributed by atoms with Crippen molar-refractivity contribution in [2.75, 3.05) is 11.8 Å². The van der Waals surface area contributed by atoms with Crippen molar-refractivity contribution >= 4 is 38.6 Å². The van der Waals surface area contributed by atoms with Crippen LogP contribution in [-0.4, -0.2) is 15.5 Å². The van der Waals surface area contributed by atoms with E-state index in [0.29, 0.717) is 22.2 Å². The number of rotatable bonds is 5. The molecule has 7 heteroatoms. The van der Waals surface area contributed by atoms with Gasteiger partial charge in [-0.05, 0) is 42.8 Å². The normalized spacial score (nSPS) is 11.5. The topological polar surface area (TPSA) is 58.2 Å². The number of nitrogens with one attached hydrogen (secondary N) is 2. The van der Waals surface area contributed by atoms with Crippen molar-refractivity contribution in [3.63, 3.8) is 0 Å². The van der Waals surface area contributed by atoms with E-state index in [0.717, 1.165) is 4.88 Å². The van der Waals surface area contributed by atoms with E-state index in [9.17, 15) is 8.42 Å². The third-order valence-corrected chi connectivity index (χ3v) is 5.20. The summed E-state index contributed by atoms with van der Waals surface area (Å²) in [4.78, 5) is 1.09. The summed E-state index contributed by atoms with van der Waals surface area (Å²) >= 11 is 7.18. The molecule has 102 valence electrons. The molecule has 4 nitrogen and oxygen atoms in total. The third kappa shape index (κ3) is 3.48. The molecule has 0 radical (unpaired) electrons. The Kier molecular flexibility index (Phi) is 4.46. The Balaban J connectivity index is 2.27. The Morgan fingerprint density at radius 2 is 1.89 bits per heavy atom.